The quantitative estimate of drug-likeness (QED) is 0.146. The van der Waals surface area contributed by atoms with E-state index in [2.05, 4.69) is 5.32 Å². The molecule has 0 saturated carbocycles. The second-order valence-corrected chi connectivity index (χ2v) is 8.44. The number of hydrogen-bond acceptors (Lipinski definition) is 5. The van der Waals surface area contributed by atoms with Crippen LogP contribution in [0.15, 0.2) is 77.7 Å². The molecule has 8 heteroatoms. The maximum atomic E-state index is 13.1. The van der Waals surface area contributed by atoms with Gasteiger partial charge in [0.1, 0.15) is 11.6 Å². The second kappa shape index (κ2) is 11.5. The molecule has 3 aromatic carbocycles. The molecule has 174 valence electrons. The molecule has 1 heterocycles. The number of carbonyl (C=O) groups excluding carboxylic acids is 2. The first-order valence-corrected chi connectivity index (χ1v) is 11.7. The number of fused-ring (bicyclic) bond motifs is 1. The number of amides is 2. The van der Waals surface area contributed by atoms with Crippen LogP contribution in [-0.2, 0) is 15.5 Å². The van der Waals surface area contributed by atoms with E-state index in [0.717, 1.165) is 29.0 Å². The van der Waals surface area contributed by atoms with E-state index in [4.69, 9.17) is 9.02 Å². The summed E-state index contributed by atoms with van der Waals surface area (Å²) in [5.74, 6) is 0.144. The van der Waals surface area contributed by atoms with Crippen LogP contribution in [0, 0.1) is 5.82 Å². The van der Waals surface area contributed by atoms with Gasteiger partial charge in [0.05, 0.1) is 21.8 Å². The topological polar surface area (TPSA) is 67.6 Å². The number of aryl methyl sites for hydroxylation is 1. The molecule has 1 aliphatic heterocycles. The molecule has 0 aromatic heterocycles. The van der Waals surface area contributed by atoms with Crippen LogP contribution in [0.2, 0.25) is 0 Å². The Labute approximate surface area is 201 Å². The van der Waals surface area contributed by atoms with Crippen molar-refractivity contribution in [1.29, 1.82) is 0 Å². The van der Waals surface area contributed by atoms with Crippen molar-refractivity contribution in [2.45, 2.75) is 30.6 Å². The van der Waals surface area contributed by atoms with Crippen molar-refractivity contribution in [3.63, 3.8) is 0 Å². The first-order valence-electron chi connectivity index (χ1n) is 11.0. The molecule has 6 nitrogen and oxygen atoms in total. The van der Waals surface area contributed by atoms with Crippen LogP contribution in [-0.4, -0.2) is 29.4 Å². The predicted molar refractivity (Wildman–Crippen MR) is 129 cm³/mol. The van der Waals surface area contributed by atoms with Crippen LogP contribution in [0.25, 0.3) is 0 Å². The fourth-order valence-electron chi connectivity index (χ4n) is 3.36. The summed E-state index contributed by atoms with van der Waals surface area (Å²) >= 11 is 0.980. The number of benzene rings is 3. The summed E-state index contributed by atoms with van der Waals surface area (Å²) in [7, 11) is 0. The van der Waals surface area contributed by atoms with Gasteiger partial charge in [-0.15, -0.1) is 0 Å². The van der Waals surface area contributed by atoms with E-state index >= 15 is 0 Å². The Bertz CT molecular complexity index is 1180. The number of hydrogen-bond donors (Lipinski definition) is 1. The summed E-state index contributed by atoms with van der Waals surface area (Å²) in [6.07, 6.45) is 4.07. The molecule has 1 N–H and O–H groups in total. The highest BCUT2D eigenvalue weighted by molar-refractivity contribution is 7.94. The Hall–Kier alpha value is -3.65. The van der Waals surface area contributed by atoms with Crippen LogP contribution < -0.4 is 10.1 Å². The summed E-state index contributed by atoms with van der Waals surface area (Å²) < 4.78 is 25.9. The number of halogens is 1. The number of ether oxygens (including phenoxy) is 1. The molecule has 0 saturated heterocycles. The number of carbonyl (C=O) groups is 2. The van der Waals surface area contributed by atoms with Crippen LogP contribution in [0.1, 0.15) is 35.2 Å². The van der Waals surface area contributed by atoms with E-state index in [1.165, 1.54) is 16.9 Å². The third-order valence-electron chi connectivity index (χ3n) is 5.13. The Morgan fingerprint density at radius 2 is 1.85 bits per heavy atom. The van der Waals surface area contributed by atoms with Gasteiger partial charge < -0.3 is 10.1 Å². The minimum atomic E-state index is -0.336. The largest absolute Gasteiger partial charge is 0.494 e. The van der Waals surface area contributed by atoms with Gasteiger partial charge >= 0.3 is 5.91 Å². The van der Waals surface area contributed by atoms with Gasteiger partial charge in [-0.2, -0.15) is 4.28 Å². The van der Waals surface area contributed by atoms with Crippen LogP contribution in [0.3, 0.4) is 0 Å². The Balaban J connectivity index is 1.34. The molecule has 34 heavy (non-hydrogen) atoms. The molecule has 0 spiro atoms. The van der Waals surface area contributed by atoms with Crippen LogP contribution >= 0.6 is 12.0 Å². The highest BCUT2D eigenvalue weighted by Gasteiger charge is 2.23. The number of nitrogens with one attached hydrogen (secondary N) is 1. The molecule has 2 amide bonds. The van der Waals surface area contributed by atoms with E-state index in [1.807, 2.05) is 24.3 Å². The van der Waals surface area contributed by atoms with E-state index in [9.17, 15) is 14.0 Å². The fraction of sp³-hybridized carbons (Fsp3) is 0.192. The smallest absolute Gasteiger partial charge is 0.467 e. The summed E-state index contributed by atoms with van der Waals surface area (Å²) in [6.45, 7) is 0.458. The van der Waals surface area contributed by atoms with Crippen molar-refractivity contribution >= 4 is 35.8 Å². The van der Waals surface area contributed by atoms with E-state index < -0.39 is 0 Å². The number of unbranched alkanes of at least 4 members (excludes halogenated alkanes) is 1. The van der Waals surface area contributed by atoms with Crippen molar-refractivity contribution in [1.82, 2.24) is 0 Å². The van der Waals surface area contributed by atoms with E-state index in [0.29, 0.717) is 42.7 Å². The van der Waals surface area contributed by atoms with E-state index in [-0.39, 0.29) is 17.6 Å². The lowest BCUT2D eigenvalue weighted by Crippen LogP contribution is -2.20. The molecular weight excluding hydrogens is 455 g/mol. The number of nitrogens with zero attached hydrogens (tertiary/aromatic N) is 1. The van der Waals surface area contributed by atoms with Gasteiger partial charge in [-0.05, 0) is 73.0 Å². The van der Waals surface area contributed by atoms with Crippen LogP contribution in [0.5, 0.6) is 5.75 Å². The Morgan fingerprint density at radius 3 is 2.65 bits per heavy atom. The average Bonchev–Trinajstić information content (AvgIpc) is 2.87. The number of hydroxylamine groups is 1. The summed E-state index contributed by atoms with van der Waals surface area (Å²) in [5, 5.41) is 2.86. The molecule has 0 atom stereocenters. The van der Waals surface area contributed by atoms with Gasteiger partial charge in [0.25, 0.3) is 0 Å². The normalized spacial score (nSPS) is 13.1. The van der Waals surface area contributed by atoms with Crippen molar-refractivity contribution in [3.8, 4) is 5.75 Å². The number of rotatable bonds is 9. The molecule has 0 bridgehead atoms. The lowest BCUT2D eigenvalue weighted by Gasteiger charge is -2.17. The lowest BCUT2D eigenvalue weighted by atomic mass is 10.0. The zero-order chi connectivity index (χ0) is 23.8. The van der Waals surface area contributed by atoms with Gasteiger partial charge in [-0.3, -0.25) is 4.79 Å². The summed E-state index contributed by atoms with van der Waals surface area (Å²) in [4.78, 5) is 25.1. The molecule has 0 unspecified atom stereocenters. The summed E-state index contributed by atoms with van der Waals surface area (Å²) in [6, 6.07) is 20.3. The SMILES string of the molecule is O=C1CCc2cc(OCCCC=[N+](OSc3ccc(F)cc3)C(=O)c3ccccc3)ccc2N1. The zero-order valence-corrected chi connectivity index (χ0v) is 19.2. The van der Waals surface area contributed by atoms with Crippen molar-refractivity contribution in [3.05, 3.63) is 89.7 Å². The monoisotopic (exact) mass is 479 g/mol. The second-order valence-electron chi connectivity index (χ2n) is 7.65. The van der Waals surface area contributed by atoms with Crippen molar-refractivity contribution in [2.75, 3.05) is 11.9 Å². The van der Waals surface area contributed by atoms with Crippen molar-refractivity contribution < 1.29 is 27.7 Å². The molecular formula is C26H24FN2O4S+. The van der Waals surface area contributed by atoms with Gasteiger partial charge in [0.2, 0.25) is 12.1 Å². The minimum Gasteiger partial charge on any atom is -0.494 e. The third-order valence-corrected chi connectivity index (χ3v) is 5.83. The van der Waals surface area contributed by atoms with E-state index in [1.54, 1.807) is 42.6 Å². The van der Waals surface area contributed by atoms with Crippen molar-refractivity contribution in [2.24, 2.45) is 0 Å². The molecule has 0 aliphatic carbocycles. The predicted octanol–water partition coefficient (Wildman–Crippen LogP) is 5.43. The maximum absolute atomic E-state index is 13.1. The Morgan fingerprint density at radius 1 is 1.06 bits per heavy atom. The maximum Gasteiger partial charge on any atom is 0.467 e. The fourth-order valence-corrected chi connectivity index (χ4v) is 3.90. The molecule has 3 aromatic rings. The van der Waals surface area contributed by atoms with Gasteiger partial charge in [-0.1, -0.05) is 18.2 Å². The average molecular weight is 480 g/mol. The highest BCUT2D eigenvalue weighted by Crippen LogP contribution is 2.27. The van der Waals surface area contributed by atoms with Gasteiger partial charge in [0.15, 0.2) is 12.0 Å². The Kier molecular flexibility index (Phi) is 7.93. The standard InChI is InChI=1S/C26H23FN2O4S/c27-21-9-12-23(13-10-21)34-33-29(26(31)19-6-2-1-3-7-19)16-4-5-17-32-22-11-14-24-20(18-22)8-15-25(30)28-24/h1-3,6-7,9-14,16,18H,4-5,8,15,17H2/p+1. The first-order chi connectivity index (χ1) is 16.6. The number of anilines is 1. The molecule has 4 rings (SSSR count). The highest BCUT2D eigenvalue weighted by atomic mass is 32.2. The molecule has 0 fully saturated rings. The van der Waals surface area contributed by atoms with Gasteiger partial charge in [-0.25, -0.2) is 9.18 Å². The van der Waals surface area contributed by atoms with Crippen LogP contribution in [0.4, 0.5) is 10.1 Å². The lowest BCUT2D eigenvalue weighted by molar-refractivity contribution is -0.658. The minimum absolute atomic E-state index is 0.0334. The molecule has 1 aliphatic rings. The van der Waals surface area contributed by atoms with Gasteiger partial charge in [0, 0.05) is 18.5 Å². The first kappa shape index (κ1) is 23.5. The zero-order valence-electron chi connectivity index (χ0n) is 18.4. The third kappa shape index (κ3) is 6.45. The molecule has 0 radical (unpaired) electrons. The summed E-state index contributed by atoms with van der Waals surface area (Å²) in [5.41, 5.74) is 2.40.